The van der Waals surface area contributed by atoms with Crippen LogP contribution in [0.4, 0.5) is 0 Å². The molecule has 1 aliphatic heterocycles. The van der Waals surface area contributed by atoms with Crippen molar-refractivity contribution in [2.45, 2.75) is 24.3 Å². The Labute approximate surface area is 202 Å². The lowest BCUT2D eigenvalue weighted by atomic mass is 9.98. The molecular weight excluding hydrogens is 487 g/mol. The minimum absolute atomic E-state index is 0.108. The predicted molar refractivity (Wildman–Crippen MR) is 124 cm³/mol. The highest BCUT2D eigenvalue weighted by Crippen LogP contribution is 2.27. The number of halogens is 2. The molecule has 0 aliphatic carbocycles. The van der Waals surface area contributed by atoms with Gasteiger partial charge in [-0.2, -0.15) is 9.29 Å². The molecule has 0 N–H and O–H groups in total. The maximum absolute atomic E-state index is 13.1. The van der Waals surface area contributed by atoms with Crippen LogP contribution in [0.1, 0.15) is 18.7 Å². The summed E-state index contributed by atoms with van der Waals surface area (Å²) in [7, 11) is -2.08. The molecule has 0 unspecified atom stereocenters. The van der Waals surface area contributed by atoms with E-state index in [0.717, 1.165) is 0 Å². The average Bonchev–Trinajstić information content (AvgIpc) is 3.27. The number of aromatic nitrogens is 2. The van der Waals surface area contributed by atoms with Gasteiger partial charge in [-0.3, -0.25) is 4.79 Å². The number of benzene rings is 2. The molecule has 8 nitrogen and oxygen atoms in total. The monoisotopic (exact) mass is 508 g/mol. The van der Waals surface area contributed by atoms with Crippen LogP contribution in [0.25, 0.3) is 11.4 Å². The maximum atomic E-state index is 13.1. The molecule has 1 fully saturated rings. The van der Waals surface area contributed by atoms with Crippen LogP contribution in [-0.4, -0.2) is 53.8 Å². The van der Waals surface area contributed by atoms with Gasteiger partial charge in [-0.05, 0) is 49.2 Å². The number of nitrogens with zero attached hydrogens (tertiary/aromatic N) is 4. The van der Waals surface area contributed by atoms with Gasteiger partial charge in [0.05, 0.1) is 22.4 Å². The second-order valence-corrected chi connectivity index (χ2v) is 10.6. The summed E-state index contributed by atoms with van der Waals surface area (Å²) in [4.78, 5) is 19.0. The third-order valence-electron chi connectivity index (χ3n) is 5.52. The smallest absolute Gasteiger partial charge is 0.246 e. The summed E-state index contributed by atoms with van der Waals surface area (Å²) in [6.07, 6.45) is 1.19. The van der Waals surface area contributed by atoms with E-state index >= 15 is 0 Å². The zero-order chi connectivity index (χ0) is 23.6. The van der Waals surface area contributed by atoms with Crippen molar-refractivity contribution in [3.63, 3.8) is 0 Å². The van der Waals surface area contributed by atoms with Crippen molar-refractivity contribution in [2.24, 2.45) is 5.92 Å². The number of sulfonamides is 1. The van der Waals surface area contributed by atoms with E-state index in [1.807, 2.05) is 6.07 Å². The first-order valence-corrected chi connectivity index (χ1v) is 12.5. The highest BCUT2D eigenvalue weighted by atomic mass is 35.5. The van der Waals surface area contributed by atoms with E-state index < -0.39 is 15.9 Å². The molecule has 1 atom stereocenters. The summed E-state index contributed by atoms with van der Waals surface area (Å²) >= 11 is 12.1. The van der Waals surface area contributed by atoms with E-state index in [1.54, 1.807) is 25.2 Å². The van der Waals surface area contributed by atoms with Crippen molar-refractivity contribution in [2.75, 3.05) is 20.1 Å². The summed E-state index contributed by atoms with van der Waals surface area (Å²) in [5, 5.41) is 4.91. The Morgan fingerprint density at radius 2 is 1.91 bits per heavy atom. The minimum Gasteiger partial charge on any atom is -0.337 e. The van der Waals surface area contributed by atoms with E-state index in [2.05, 4.69) is 10.1 Å². The average molecular weight is 509 g/mol. The van der Waals surface area contributed by atoms with Gasteiger partial charge in [0.15, 0.2) is 0 Å². The molecule has 1 aromatic heterocycles. The predicted octanol–water partition coefficient (Wildman–Crippen LogP) is 4.10. The first kappa shape index (κ1) is 23.7. The van der Waals surface area contributed by atoms with E-state index in [4.69, 9.17) is 27.7 Å². The van der Waals surface area contributed by atoms with Crippen LogP contribution in [0.3, 0.4) is 0 Å². The van der Waals surface area contributed by atoms with Gasteiger partial charge >= 0.3 is 0 Å². The van der Waals surface area contributed by atoms with Crippen LogP contribution in [0.2, 0.25) is 10.0 Å². The van der Waals surface area contributed by atoms with Gasteiger partial charge < -0.3 is 9.42 Å². The van der Waals surface area contributed by atoms with Crippen molar-refractivity contribution in [1.82, 2.24) is 19.3 Å². The number of hydrogen-bond donors (Lipinski definition) is 0. The molecule has 11 heteroatoms. The van der Waals surface area contributed by atoms with E-state index in [1.165, 1.54) is 33.5 Å². The van der Waals surface area contributed by atoms with Gasteiger partial charge in [-0.1, -0.05) is 40.5 Å². The standard InChI is InChI=1S/C22H22Cl2N4O4S/c1-27(14-20-25-21(26-32-20)18-6-2-3-7-19(18)24)22(29)15-5-4-12-28(13-15)33(30,31)17-10-8-16(23)9-11-17/h2-3,6-11,15H,4-5,12-14H2,1H3/t15-/m0/s1. The zero-order valence-electron chi connectivity index (χ0n) is 17.8. The highest BCUT2D eigenvalue weighted by molar-refractivity contribution is 7.89. The van der Waals surface area contributed by atoms with Gasteiger partial charge in [0.1, 0.15) is 0 Å². The molecule has 2 heterocycles. The van der Waals surface area contributed by atoms with Gasteiger partial charge in [0.2, 0.25) is 27.6 Å². The van der Waals surface area contributed by atoms with E-state index in [9.17, 15) is 13.2 Å². The highest BCUT2D eigenvalue weighted by Gasteiger charge is 2.34. The number of piperidine rings is 1. The van der Waals surface area contributed by atoms with Crippen LogP contribution in [0.15, 0.2) is 57.9 Å². The normalized spacial score (nSPS) is 17.1. The molecule has 3 aromatic rings. The second-order valence-electron chi connectivity index (χ2n) is 7.84. The molecule has 0 radical (unpaired) electrons. The molecule has 0 spiro atoms. The van der Waals surface area contributed by atoms with Gasteiger partial charge in [-0.15, -0.1) is 0 Å². The van der Waals surface area contributed by atoms with Crippen molar-refractivity contribution >= 4 is 39.1 Å². The molecular formula is C22H22Cl2N4O4S. The van der Waals surface area contributed by atoms with Crippen molar-refractivity contribution in [3.05, 3.63) is 64.5 Å². The Hall–Kier alpha value is -2.46. The minimum atomic E-state index is -3.71. The number of carbonyl (C=O) groups is 1. The fourth-order valence-electron chi connectivity index (χ4n) is 3.78. The lowest BCUT2D eigenvalue weighted by molar-refractivity contribution is -0.136. The molecule has 1 amide bonds. The number of hydrogen-bond acceptors (Lipinski definition) is 6. The number of amides is 1. The topological polar surface area (TPSA) is 96.6 Å². The van der Waals surface area contributed by atoms with Gasteiger partial charge in [0, 0.05) is 30.7 Å². The molecule has 1 aliphatic rings. The molecule has 1 saturated heterocycles. The molecule has 2 aromatic carbocycles. The molecule has 0 saturated carbocycles. The fourth-order valence-corrected chi connectivity index (χ4v) is 5.65. The van der Waals surface area contributed by atoms with Crippen LogP contribution in [0, 0.1) is 5.92 Å². The second kappa shape index (κ2) is 9.80. The van der Waals surface area contributed by atoms with Gasteiger partial charge in [-0.25, -0.2) is 8.42 Å². The largest absolute Gasteiger partial charge is 0.337 e. The molecule has 0 bridgehead atoms. The fraction of sp³-hybridized carbons (Fsp3) is 0.318. The Kier molecular flexibility index (Phi) is 7.04. The van der Waals surface area contributed by atoms with Crippen LogP contribution < -0.4 is 0 Å². The SMILES string of the molecule is CN(Cc1nc(-c2ccccc2Cl)no1)C(=O)[C@H]1CCCN(S(=O)(=O)c2ccc(Cl)cc2)C1. The third-order valence-corrected chi connectivity index (χ3v) is 7.98. The van der Waals surface area contributed by atoms with Crippen molar-refractivity contribution in [1.29, 1.82) is 0 Å². The van der Waals surface area contributed by atoms with Gasteiger partial charge in [0.25, 0.3) is 0 Å². The quantitative estimate of drug-likeness (QED) is 0.497. The zero-order valence-corrected chi connectivity index (χ0v) is 20.1. The Balaban J connectivity index is 1.42. The van der Waals surface area contributed by atoms with E-state index in [0.29, 0.717) is 40.8 Å². The molecule has 174 valence electrons. The summed E-state index contributed by atoms with van der Waals surface area (Å²) in [6, 6.07) is 13.2. The lowest BCUT2D eigenvalue weighted by Gasteiger charge is -2.33. The Morgan fingerprint density at radius 3 is 2.64 bits per heavy atom. The molecule has 33 heavy (non-hydrogen) atoms. The Bertz CT molecular complexity index is 1250. The lowest BCUT2D eigenvalue weighted by Crippen LogP contribution is -2.45. The third kappa shape index (κ3) is 5.22. The van der Waals surface area contributed by atoms with Crippen molar-refractivity contribution in [3.8, 4) is 11.4 Å². The van der Waals surface area contributed by atoms with Crippen molar-refractivity contribution < 1.29 is 17.7 Å². The summed E-state index contributed by atoms with van der Waals surface area (Å²) in [5.41, 5.74) is 0.637. The Morgan fingerprint density at radius 1 is 1.18 bits per heavy atom. The van der Waals surface area contributed by atoms with Crippen LogP contribution in [0.5, 0.6) is 0 Å². The van der Waals surface area contributed by atoms with E-state index in [-0.39, 0.29) is 29.8 Å². The summed E-state index contributed by atoms with van der Waals surface area (Å²) < 4.78 is 32.7. The summed E-state index contributed by atoms with van der Waals surface area (Å²) in [6.45, 7) is 0.586. The summed E-state index contributed by atoms with van der Waals surface area (Å²) in [5.74, 6) is -0.0307. The maximum Gasteiger partial charge on any atom is 0.246 e. The first-order chi connectivity index (χ1) is 15.8. The number of carbonyl (C=O) groups excluding carboxylic acids is 1. The number of rotatable bonds is 6. The first-order valence-electron chi connectivity index (χ1n) is 10.3. The molecule has 4 rings (SSSR count). The van der Waals surface area contributed by atoms with Crippen LogP contribution >= 0.6 is 23.2 Å². The van der Waals surface area contributed by atoms with Crippen LogP contribution in [-0.2, 0) is 21.4 Å².